The van der Waals surface area contributed by atoms with Gasteiger partial charge in [-0.15, -0.1) is 0 Å². The molecule has 3 nitrogen and oxygen atoms in total. The second-order valence-electron chi connectivity index (χ2n) is 5.19. The fourth-order valence-electron chi connectivity index (χ4n) is 2.28. The highest BCUT2D eigenvalue weighted by Gasteiger charge is 2.05. The van der Waals surface area contributed by atoms with Crippen LogP contribution in [0.2, 0.25) is 5.02 Å². The summed E-state index contributed by atoms with van der Waals surface area (Å²) in [6.07, 6.45) is 0.875. The molecule has 4 heteroatoms. The zero-order valence-electron chi connectivity index (χ0n) is 13.3. The number of hydrogen-bond donors (Lipinski definition) is 1. The third-order valence-electron chi connectivity index (χ3n) is 3.62. The van der Waals surface area contributed by atoms with Crippen LogP contribution in [0, 0.1) is 6.92 Å². The van der Waals surface area contributed by atoms with E-state index in [1.807, 2.05) is 37.3 Å². The molecule has 0 aliphatic heterocycles. The van der Waals surface area contributed by atoms with E-state index in [0.29, 0.717) is 0 Å². The van der Waals surface area contributed by atoms with Gasteiger partial charge >= 0.3 is 0 Å². The fraction of sp³-hybridized carbons (Fsp3) is 0.333. The molecule has 0 fully saturated rings. The van der Waals surface area contributed by atoms with E-state index in [9.17, 15) is 0 Å². The third-order valence-corrected chi connectivity index (χ3v) is 4.03. The molecule has 0 aliphatic rings. The van der Waals surface area contributed by atoms with Gasteiger partial charge in [0.15, 0.2) is 0 Å². The van der Waals surface area contributed by atoms with Crippen LogP contribution in [-0.2, 0) is 13.0 Å². The van der Waals surface area contributed by atoms with Gasteiger partial charge in [-0.3, -0.25) is 0 Å². The molecule has 0 atom stereocenters. The molecule has 0 saturated carbocycles. The Morgan fingerprint density at radius 2 is 1.86 bits per heavy atom. The maximum absolute atomic E-state index is 6.14. The standard InChI is InChI=1S/C18H22ClNO2/c1-13-4-5-14(10-17(13)19)12-20-9-8-15-11-16(21-2)6-7-18(15)22-3/h4-7,10-11,20H,8-9,12H2,1-3H3. The quantitative estimate of drug-likeness (QED) is 0.783. The van der Waals surface area contributed by atoms with Gasteiger partial charge in [-0.2, -0.15) is 0 Å². The number of hydrogen-bond acceptors (Lipinski definition) is 3. The van der Waals surface area contributed by atoms with Crippen molar-refractivity contribution in [3.63, 3.8) is 0 Å². The largest absolute Gasteiger partial charge is 0.497 e. The molecule has 0 unspecified atom stereocenters. The van der Waals surface area contributed by atoms with Gasteiger partial charge < -0.3 is 14.8 Å². The first kappa shape index (κ1) is 16.7. The molecule has 2 aromatic carbocycles. The number of rotatable bonds is 7. The Bertz CT molecular complexity index is 628. The molecular weight excluding hydrogens is 298 g/mol. The van der Waals surface area contributed by atoms with Crippen LogP contribution in [0.4, 0.5) is 0 Å². The van der Waals surface area contributed by atoms with Gasteiger partial charge in [0.1, 0.15) is 11.5 Å². The lowest BCUT2D eigenvalue weighted by atomic mass is 10.1. The summed E-state index contributed by atoms with van der Waals surface area (Å²) < 4.78 is 10.7. The summed E-state index contributed by atoms with van der Waals surface area (Å²) in [6.45, 7) is 3.66. The van der Waals surface area contributed by atoms with Gasteiger partial charge in [0.2, 0.25) is 0 Å². The van der Waals surface area contributed by atoms with E-state index in [1.54, 1.807) is 14.2 Å². The molecule has 0 heterocycles. The number of benzene rings is 2. The average Bonchev–Trinajstić information content (AvgIpc) is 2.54. The van der Waals surface area contributed by atoms with Crippen molar-refractivity contribution >= 4 is 11.6 Å². The van der Waals surface area contributed by atoms with Crippen LogP contribution in [0.1, 0.15) is 16.7 Å². The summed E-state index contributed by atoms with van der Waals surface area (Å²) in [5, 5.41) is 4.24. The predicted molar refractivity (Wildman–Crippen MR) is 91.1 cm³/mol. The average molecular weight is 320 g/mol. The first-order valence-corrected chi connectivity index (χ1v) is 7.68. The molecule has 0 aliphatic carbocycles. The minimum atomic E-state index is 0.798. The summed E-state index contributed by atoms with van der Waals surface area (Å²) in [4.78, 5) is 0. The molecule has 22 heavy (non-hydrogen) atoms. The van der Waals surface area contributed by atoms with Crippen molar-refractivity contribution in [1.82, 2.24) is 5.32 Å². The van der Waals surface area contributed by atoms with Crippen LogP contribution in [-0.4, -0.2) is 20.8 Å². The maximum Gasteiger partial charge on any atom is 0.122 e. The third kappa shape index (κ3) is 4.39. The van der Waals surface area contributed by atoms with E-state index in [1.165, 1.54) is 5.56 Å². The molecular formula is C18H22ClNO2. The van der Waals surface area contributed by atoms with E-state index >= 15 is 0 Å². The summed E-state index contributed by atoms with van der Waals surface area (Å²) in [5.74, 6) is 1.74. The summed E-state index contributed by atoms with van der Waals surface area (Å²) in [5.41, 5.74) is 3.43. The highest BCUT2D eigenvalue weighted by atomic mass is 35.5. The molecule has 0 bridgehead atoms. The lowest BCUT2D eigenvalue weighted by Crippen LogP contribution is -2.17. The molecule has 0 amide bonds. The van der Waals surface area contributed by atoms with Gasteiger partial charge in [-0.25, -0.2) is 0 Å². The van der Waals surface area contributed by atoms with Gasteiger partial charge in [0.25, 0.3) is 0 Å². The van der Waals surface area contributed by atoms with Crippen molar-refractivity contribution in [2.75, 3.05) is 20.8 Å². The van der Waals surface area contributed by atoms with Crippen LogP contribution in [0.5, 0.6) is 11.5 Å². The number of nitrogens with one attached hydrogen (secondary N) is 1. The number of halogens is 1. The molecule has 118 valence electrons. The molecule has 2 rings (SSSR count). The van der Waals surface area contributed by atoms with Crippen molar-refractivity contribution in [1.29, 1.82) is 0 Å². The molecule has 0 radical (unpaired) electrons. The van der Waals surface area contributed by atoms with Crippen molar-refractivity contribution in [2.45, 2.75) is 19.9 Å². The van der Waals surface area contributed by atoms with E-state index in [0.717, 1.165) is 47.2 Å². The van der Waals surface area contributed by atoms with Crippen LogP contribution in [0.25, 0.3) is 0 Å². The lowest BCUT2D eigenvalue weighted by Gasteiger charge is -2.11. The Hall–Kier alpha value is -1.71. The smallest absolute Gasteiger partial charge is 0.122 e. The highest BCUT2D eigenvalue weighted by molar-refractivity contribution is 6.31. The maximum atomic E-state index is 6.14. The summed E-state index contributed by atoms with van der Waals surface area (Å²) >= 11 is 6.14. The highest BCUT2D eigenvalue weighted by Crippen LogP contribution is 2.24. The lowest BCUT2D eigenvalue weighted by molar-refractivity contribution is 0.398. The van der Waals surface area contributed by atoms with E-state index in [-0.39, 0.29) is 0 Å². The number of methoxy groups -OCH3 is 2. The van der Waals surface area contributed by atoms with Crippen LogP contribution in [0.15, 0.2) is 36.4 Å². The second kappa shape index (κ2) is 8.06. The van der Waals surface area contributed by atoms with Crippen molar-refractivity contribution in [3.05, 3.63) is 58.1 Å². The Kier molecular flexibility index (Phi) is 6.10. The van der Waals surface area contributed by atoms with Gasteiger partial charge in [-0.1, -0.05) is 23.7 Å². The molecule has 0 aromatic heterocycles. The number of aryl methyl sites for hydroxylation is 1. The monoisotopic (exact) mass is 319 g/mol. The van der Waals surface area contributed by atoms with Crippen LogP contribution in [0.3, 0.4) is 0 Å². The Labute approximate surface area is 137 Å². The predicted octanol–water partition coefficient (Wildman–Crippen LogP) is 4.00. The summed E-state index contributed by atoms with van der Waals surface area (Å²) in [7, 11) is 3.36. The minimum absolute atomic E-state index is 0.798. The minimum Gasteiger partial charge on any atom is -0.497 e. The van der Waals surface area contributed by atoms with E-state index in [2.05, 4.69) is 11.4 Å². The van der Waals surface area contributed by atoms with E-state index in [4.69, 9.17) is 21.1 Å². The topological polar surface area (TPSA) is 30.5 Å². The second-order valence-corrected chi connectivity index (χ2v) is 5.60. The van der Waals surface area contributed by atoms with Gasteiger partial charge in [0, 0.05) is 11.6 Å². The molecule has 1 N–H and O–H groups in total. The van der Waals surface area contributed by atoms with Crippen LogP contribution >= 0.6 is 11.6 Å². The first-order chi connectivity index (χ1) is 10.6. The van der Waals surface area contributed by atoms with Crippen LogP contribution < -0.4 is 14.8 Å². The zero-order valence-corrected chi connectivity index (χ0v) is 14.0. The molecule has 0 saturated heterocycles. The Balaban J connectivity index is 1.89. The first-order valence-electron chi connectivity index (χ1n) is 7.30. The van der Waals surface area contributed by atoms with Crippen molar-refractivity contribution in [3.8, 4) is 11.5 Å². The Morgan fingerprint density at radius 1 is 1.05 bits per heavy atom. The summed E-state index contributed by atoms with van der Waals surface area (Å²) in [6, 6.07) is 12.0. The normalized spacial score (nSPS) is 10.5. The van der Waals surface area contributed by atoms with Crippen molar-refractivity contribution in [2.24, 2.45) is 0 Å². The van der Waals surface area contributed by atoms with E-state index < -0.39 is 0 Å². The van der Waals surface area contributed by atoms with Gasteiger partial charge in [0.05, 0.1) is 14.2 Å². The van der Waals surface area contributed by atoms with Gasteiger partial charge in [-0.05, 0) is 60.8 Å². The van der Waals surface area contributed by atoms with Crippen molar-refractivity contribution < 1.29 is 9.47 Å². The Morgan fingerprint density at radius 3 is 2.55 bits per heavy atom. The SMILES string of the molecule is COc1ccc(OC)c(CCNCc2ccc(C)c(Cl)c2)c1. The number of ether oxygens (including phenoxy) is 2. The fourth-order valence-corrected chi connectivity index (χ4v) is 2.48. The zero-order chi connectivity index (χ0) is 15.9. The molecule has 0 spiro atoms. The molecule has 2 aromatic rings.